The average molecular weight is 578 g/mol. The van der Waals surface area contributed by atoms with Gasteiger partial charge in [0.05, 0.1) is 28.9 Å². The van der Waals surface area contributed by atoms with Crippen LogP contribution in [0, 0.1) is 0 Å². The van der Waals surface area contributed by atoms with Crippen molar-refractivity contribution in [1.29, 1.82) is 0 Å². The van der Waals surface area contributed by atoms with Gasteiger partial charge in [0.25, 0.3) is 11.8 Å². The van der Waals surface area contributed by atoms with Crippen molar-refractivity contribution in [2.45, 2.75) is 68.2 Å². The molecule has 3 heterocycles. The molecule has 39 heavy (non-hydrogen) atoms. The molecular weight excluding hydrogens is 542 g/mol. The highest BCUT2D eigenvalue weighted by molar-refractivity contribution is 7.94. The predicted molar refractivity (Wildman–Crippen MR) is 148 cm³/mol. The van der Waals surface area contributed by atoms with Crippen molar-refractivity contribution >= 4 is 33.3 Å². The number of imidazole rings is 1. The summed E-state index contributed by atoms with van der Waals surface area (Å²) in [4.78, 5) is 32.0. The average Bonchev–Trinajstić information content (AvgIpc) is 3.30. The summed E-state index contributed by atoms with van der Waals surface area (Å²) in [6.07, 6.45) is 4.58. The van der Waals surface area contributed by atoms with Crippen molar-refractivity contribution in [3.05, 3.63) is 52.6 Å². The summed E-state index contributed by atoms with van der Waals surface area (Å²) in [5, 5.41) is 6.81. The van der Waals surface area contributed by atoms with E-state index in [-0.39, 0.29) is 42.5 Å². The highest BCUT2D eigenvalue weighted by atomic mass is 35.5. The zero-order valence-electron chi connectivity index (χ0n) is 22.4. The normalized spacial score (nSPS) is 20.6. The number of sulfone groups is 1. The minimum Gasteiger partial charge on any atom is -0.378 e. The lowest BCUT2D eigenvalue weighted by atomic mass is 10.2. The Morgan fingerprint density at radius 1 is 1.26 bits per heavy atom. The van der Waals surface area contributed by atoms with E-state index in [9.17, 15) is 18.0 Å². The predicted octanol–water partition coefficient (Wildman–Crippen LogP) is 2.42. The summed E-state index contributed by atoms with van der Waals surface area (Å²) in [7, 11) is -3.60. The number of amides is 2. The molecule has 1 saturated heterocycles. The van der Waals surface area contributed by atoms with Crippen LogP contribution in [0.5, 0.6) is 0 Å². The van der Waals surface area contributed by atoms with Crippen molar-refractivity contribution in [3.63, 3.8) is 0 Å². The molecule has 5 rings (SSSR count). The highest BCUT2D eigenvalue weighted by Crippen LogP contribution is 2.49. The smallest absolute Gasteiger partial charge is 0.287 e. The third-order valence-corrected chi connectivity index (χ3v) is 11.5. The molecule has 0 unspecified atom stereocenters. The highest BCUT2D eigenvalue weighted by Gasteiger charge is 2.61. The molecule has 0 spiro atoms. The molecular formula is C27H36ClN5O5S. The van der Waals surface area contributed by atoms with Crippen molar-refractivity contribution in [1.82, 2.24) is 25.1 Å². The van der Waals surface area contributed by atoms with Gasteiger partial charge in [-0.2, -0.15) is 0 Å². The molecule has 1 saturated carbocycles. The summed E-state index contributed by atoms with van der Waals surface area (Å²) >= 11 is 5.92. The number of aromatic nitrogens is 2. The third-order valence-electron chi connectivity index (χ3n) is 8.04. The molecule has 0 radical (unpaired) electrons. The Bertz CT molecular complexity index is 1330. The second-order valence-electron chi connectivity index (χ2n) is 11.4. The van der Waals surface area contributed by atoms with Crippen LogP contribution in [0.25, 0.3) is 0 Å². The SMILES string of the molecule is CC(C)(COC[C@@H]1CCCN1)S(=O)(=O)C1(CN2CCn3c(cnc3C(=O)NCc3ccc(Cl)cc3)C2=O)CC1. The Hall–Kier alpha value is -2.47. The van der Waals surface area contributed by atoms with Crippen molar-refractivity contribution < 1.29 is 22.7 Å². The van der Waals surface area contributed by atoms with Gasteiger partial charge in [-0.25, -0.2) is 13.4 Å². The van der Waals surface area contributed by atoms with E-state index in [0.29, 0.717) is 44.1 Å². The van der Waals surface area contributed by atoms with E-state index in [0.717, 1.165) is 24.9 Å². The standard InChI is InChI=1S/C27H36ClN5O5S/c1-26(2,18-38-16-21-4-3-11-29-21)39(36,37)27(9-10-27)17-32-12-13-33-22(25(32)35)15-30-23(33)24(34)31-14-19-5-7-20(28)8-6-19/h5-8,15,21,29H,3-4,9-14,16-18H2,1-2H3,(H,31,34)/t21-/m0/s1. The molecule has 3 aliphatic rings. The van der Waals surface area contributed by atoms with Crippen LogP contribution < -0.4 is 10.6 Å². The van der Waals surface area contributed by atoms with Crippen LogP contribution in [0.3, 0.4) is 0 Å². The molecule has 2 aromatic rings. The van der Waals surface area contributed by atoms with Crippen LogP contribution in [0.1, 0.15) is 66.2 Å². The van der Waals surface area contributed by atoms with Gasteiger partial charge in [-0.15, -0.1) is 0 Å². The number of hydrogen-bond donors (Lipinski definition) is 2. The van der Waals surface area contributed by atoms with Gasteiger partial charge in [0.1, 0.15) is 5.69 Å². The van der Waals surface area contributed by atoms with Gasteiger partial charge in [0, 0.05) is 37.2 Å². The van der Waals surface area contributed by atoms with E-state index in [4.69, 9.17) is 16.3 Å². The van der Waals surface area contributed by atoms with Crippen LogP contribution in [0.2, 0.25) is 5.02 Å². The molecule has 1 aromatic heterocycles. The molecule has 12 heteroatoms. The molecule has 2 N–H and O–H groups in total. The summed E-state index contributed by atoms with van der Waals surface area (Å²) in [5.74, 6) is -0.530. The molecule has 2 fully saturated rings. The van der Waals surface area contributed by atoms with E-state index < -0.39 is 19.3 Å². The second-order valence-corrected chi connectivity index (χ2v) is 14.8. The first kappa shape index (κ1) is 28.1. The fourth-order valence-corrected chi connectivity index (χ4v) is 7.96. The zero-order valence-corrected chi connectivity index (χ0v) is 24.0. The fraction of sp³-hybridized carbons (Fsp3) is 0.593. The molecule has 2 aliphatic heterocycles. The Labute approximate surface area is 234 Å². The lowest BCUT2D eigenvalue weighted by molar-refractivity contribution is 0.0696. The van der Waals surface area contributed by atoms with E-state index in [1.807, 2.05) is 12.1 Å². The third kappa shape index (κ3) is 5.59. The minimum absolute atomic E-state index is 0.116. The Morgan fingerprint density at radius 2 is 2.00 bits per heavy atom. The largest absolute Gasteiger partial charge is 0.378 e. The van der Waals surface area contributed by atoms with E-state index in [1.165, 1.54) is 6.20 Å². The number of ether oxygens (including phenoxy) is 1. The van der Waals surface area contributed by atoms with Crippen LogP contribution in [0.15, 0.2) is 30.5 Å². The number of nitrogens with one attached hydrogen (secondary N) is 2. The number of carbonyl (C=O) groups is 2. The van der Waals surface area contributed by atoms with Crippen LogP contribution in [0.4, 0.5) is 0 Å². The van der Waals surface area contributed by atoms with Crippen LogP contribution in [-0.2, 0) is 27.7 Å². The maximum absolute atomic E-state index is 13.8. The zero-order chi connectivity index (χ0) is 27.8. The Morgan fingerprint density at radius 3 is 2.67 bits per heavy atom. The monoisotopic (exact) mass is 577 g/mol. The van der Waals surface area contributed by atoms with E-state index >= 15 is 0 Å². The first-order chi connectivity index (χ1) is 18.5. The molecule has 1 aromatic carbocycles. The van der Waals surface area contributed by atoms with E-state index in [1.54, 1.807) is 35.4 Å². The fourth-order valence-electron chi connectivity index (χ4n) is 5.46. The van der Waals surface area contributed by atoms with Crippen molar-refractivity contribution in [2.75, 3.05) is 32.8 Å². The van der Waals surface area contributed by atoms with Gasteiger partial charge in [-0.3, -0.25) is 9.59 Å². The number of rotatable bonds is 11. The minimum atomic E-state index is -3.60. The quantitative estimate of drug-likeness (QED) is 0.420. The number of benzene rings is 1. The van der Waals surface area contributed by atoms with Gasteiger partial charge in [0.2, 0.25) is 0 Å². The summed E-state index contributed by atoms with van der Waals surface area (Å²) in [6.45, 7) is 6.11. The molecule has 212 valence electrons. The lowest BCUT2D eigenvalue weighted by Crippen LogP contribution is -2.52. The van der Waals surface area contributed by atoms with Crippen molar-refractivity contribution in [3.8, 4) is 0 Å². The maximum atomic E-state index is 13.8. The number of nitrogens with zero attached hydrogens (tertiary/aromatic N) is 3. The topological polar surface area (TPSA) is 123 Å². The first-order valence-electron chi connectivity index (χ1n) is 13.5. The maximum Gasteiger partial charge on any atom is 0.287 e. The number of hydrogen-bond acceptors (Lipinski definition) is 7. The molecule has 1 atom stereocenters. The summed E-state index contributed by atoms with van der Waals surface area (Å²) in [6, 6.07) is 7.43. The molecule has 2 amide bonds. The number of halogens is 1. The van der Waals surface area contributed by atoms with Crippen LogP contribution >= 0.6 is 11.6 Å². The van der Waals surface area contributed by atoms with Gasteiger partial charge in [-0.05, 0) is 63.8 Å². The molecule has 1 aliphatic carbocycles. The Kier molecular flexibility index (Phi) is 7.80. The number of carbonyl (C=O) groups excluding carboxylic acids is 2. The van der Waals surface area contributed by atoms with E-state index in [2.05, 4.69) is 15.6 Å². The van der Waals surface area contributed by atoms with Gasteiger partial charge in [-0.1, -0.05) is 23.7 Å². The first-order valence-corrected chi connectivity index (χ1v) is 15.3. The Balaban J connectivity index is 1.21. The second kappa shape index (κ2) is 10.8. The van der Waals surface area contributed by atoms with Gasteiger partial charge >= 0.3 is 0 Å². The van der Waals surface area contributed by atoms with Gasteiger partial charge in [0.15, 0.2) is 15.7 Å². The van der Waals surface area contributed by atoms with Gasteiger partial charge < -0.3 is 24.8 Å². The summed E-state index contributed by atoms with van der Waals surface area (Å²) in [5.41, 5.74) is 1.18. The van der Waals surface area contributed by atoms with Crippen molar-refractivity contribution in [2.24, 2.45) is 0 Å². The summed E-state index contributed by atoms with van der Waals surface area (Å²) < 4.78 is 33.0. The lowest BCUT2D eigenvalue weighted by Gasteiger charge is -2.35. The molecule has 10 nitrogen and oxygen atoms in total. The number of fused-ring (bicyclic) bond motifs is 1. The molecule has 0 bridgehead atoms. The van der Waals surface area contributed by atoms with Crippen LogP contribution in [-0.4, -0.2) is 83.1 Å².